The molecule has 0 amide bonds. The van der Waals surface area contributed by atoms with Crippen molar-refractivity contribution < 1.29 is 41.7 Å². The van der Waals surface area contributed by atoms with Crippen LogP contribution < -0.4 is 9.47 Å². The van der Waals surface area contributed by atoms with Crippen molar-refractivity contribution in [1.82, 2.24) is 4.57 Å². The highest BCUT2D eigenvalue weighted by Gasteiger charge is 2.52. The first kappa shape index (κ1) is 25.6. The summed E-state index contributed by atoms with van der Waals surface area (Å²) in [5.41, 5.74) is 1.30. The number of benzene rings is 2. The summed E-state index contributed by atoms with van der Waals surface area (Å²) < 4.78 is 63.6. The minimum atomic E-state index is -3.74. The highest BCUT2D eigenvalue weighted by atomic mass is 19.3. The molecule has 1 atom stereocenters. The van der Waals surface area contributed by atoms with Gasteiger partial charge in [0.05, 0.1) is 17.5 Å². The van der Waals surface area contributed by atoms with E-state index in [1.54, 1.807) is 12.1 Å². The number of carbonyl (C=O) groups excluding carboxylic acids is 2. The summed E-state index contributed by atoms with van der Waals surface area (Å²) in [5.74, 6) is -0.903. The van der Waals surface area contributed by atoms with Crippen LogP contribution in [0.25, 0.3) is 10.9 Å². The van der Waals surface area contributed by atoms with Crippen LogP contribution in [0.1, 0.15) is 56.9 Å². The second-order valence-corrected chi connectivity index (χ2v) is 11.2. The van der Waals surface area contributed by atoms with Crippen LogP contribution in [0.4, 0.5) is 18.0 Å². The molecule has 6 rings (SSSR count). The number of Topliss-reactive ketones (excluding diaryl/α,β-unsaturated/α-hetero) is 1. The number of rotatable bonds is 8. The molecule has 0 N–H and O–H groups in total. The van der Waals surface area contributed by atoms with E-state index in [4.69, 9.17) is 9.47 Å². The molecule has 3 aromatic rings. The maximum atomic E-state index is 15.5. The van der Waals surface area contributed by atoms with Gasteiger partial charge in [-0.05, 0) is 60.7 Å². The number of halogens is 3. The van der Waals surface area contributed by atoms with Crippen molar-refractivity contribution in [3.63, 3.8) is 0 Å². The summed E-state index contributed by atoms with van der Waals surface area (Å²) in [5, 5.41) is 0.774. The van der Waals surface area contributed by atoms with E-state index in [0.717, 1.165) is 17.5 Å². The van der Waals surface area contributed by atoms with Crippen LogP contribution in [-0.4, -0.2) is 35.5 Å². The molecule has 0 bridgehead atoms. The van der Waals surface area contributed by atoms with Gasteiger partial charge in [0.15, 0.2) is 17.6 Å². The number of nitrogens with zero attached hydrogens (tertiary/aromatic N) is 1. The summed E-state index contributed by atoms with van der Waals surface area (Å²) >= 11 is 0. The molecule has 1 aliphatic carbocycles. The molecule has 1 saturated carbocycles. The van der Waals surface area contributed by atoms with E-state index in [9.17, 15) is 18.4 Å². The number of cyclic esters (lactones) is 2. The fourth-order valence-corrected chi connectivity index (χ4v) is 5.51. The normalized spacial score (nSPS) is 20.7. The van der Waals surface area contributed by atoms with Crippen LogP contribution in [-0.2, 0) is 38.1 Å². The second kappa shape index (κ2) is 8.66. The molecule has 206 valence electrons. The molecule has 1 aromatic heterocycles. The molecule has 3 aliphatic rings. The van der Waals surface area contributed by atoms with Crippen LogP contribution in [0, 0.1) is 5.82 Å². The standard InChI is InChI=1S/C29H28F3NO6/c1-4-27(2,3)24-10-17-9-16(20(30)13-21(17)33(24)14-19-15-36-26(35)37-19)11-25(34)28(7-8-28)18-5-6-22-23(12-18)39-29(31,32)38-22/h5-6,9-10,12-13,19H,4,7-8,11,14-15H2,1-3H3/t19-/m1/s1. The van der Waals surface area contributed by atoms with Crippen LogP contribution in [0.2, 0.25) is 0 Å². The molecule has 2 fully saturated rings. The van der Waals surface area contributed by atoms with E-state index < -0.39 is 29.8 Å². The van der Waals surface area contributed by atoms with Gasteiger partial charge in [-0.1, -0.05) is 26.8 Å². The predicted octanol–water partition coefficient (Wildman–Crippen LogP) is 6.17. The number of hydrogen-bond donors (Lipinski definition) is 0. The first-order chi connectivity index (χ1) is 18.4. The third-order valence-electron chi connectivity index (χ3n) is 8.27. The van der Waals surface area contributed by atoms with Gasteiger partial charge in [-0.2, -0.15) is 0 Å². The fourth-order valence-electron chi connectivity index (χ4n) is 5.51. The van der Waals surface area contributed by atoms with Crippen molar-refractivity contribution in [3.8, 4) is 11.5 Å². The summed E-state index contributed by atoms with van der Waals surface area (Å²) in [6, 6.07) is 9.49. The molecule has 3 heterocycles. The van der Waals surface area contributed by atoms with Crippen LogP contribution in [0.5, 0.6) is 11.5 Å². The first-order valence-electron chi connectivity index (χ1n) is 13.0. The van der Waals surface area contributed by atoms with Crippen molar-refractivity contribution in [2.45, 2.75) is 76.2 Å². The summed E-state index contributed by atoms with van der Waals surface area (Å²) in [4.78, 5) is 25.0. The predicted molar refractivity (Wildman–Crippen MR) is 134 cm³/mol. The van der Waals surface area contributed by atoms with E-state index >= 15 is 4.39 Å². The Bertz CT molecular complexity index is 1510. The molecule has 0 unspecified atom stereocenters. The van der Waals surface area contributed by atoms with Crippen molar-refractivity contribution in [2.24, 2.45) is 0 Å². The van der Waals surface area contributed by atoms with E-state index in [1.807, 2.05) is 10.6 Å². The molecule has 1 saturated heterocycles. The molecular formula is C29H28F3NO6. The van der Waals surface area contributed by atoms with Gasteiger partial charge in [0.25, 0.3) is 0 Å². The average Bonchev–Trinajstić information content (AvgIpc) is 3.34. The van der Waals surface area contributed by atoms with Crippen LogP contribution in [0.15, 0.2) is 36.4 Å². The lowest BCUT2D eigenvalue weighted by molar-refractivity contribution is -0.286. The molecule has 2 aromatic carbocycles. The molecule has 0 radical (unpaired) electrons. The average molecular weight is 544 g/mol. The Kier molecular flexibility index (Phi) is 5.68. The molecule has 39 heavy (non-hydrogen) atoms. The SMILES string of the molecule is CCC(C)(C)c1cc2cc(CC(=O)C3(c4ccc5c(c4)OC(F)(F)O5)CC3)c(F)cc2n1C[C@@H]1COC(=O)O1. The van der Waals surface area contributed by atoms with Crippen molar-refractivity contribution in [1.29, 1.82) is 0 Å². The van der Waals surface area contributed by atoms with Crippen molar-refractivity contribution >= 4 is 22.8 Å². The number of alkyl halides is 2. The molecular weight excluding hydrogens is 515 g/mol. The summed E-state index contributed by atoms with van der Waals surface area (Å²) in [6.07, 6.45) is -3.18. The zero-order chi connectivity index (χ0) is 27.7. The Balaban J connectivity index is 1.31. The number of hydrogen-bond acceptors (Lipinski definition) is 6. The van der Waals surface area contributed by atoms with Gasteiger partial charge in [0.1, 0.15) is 18.2 Å². The monoisotopic (exact) mass is 543 g/mol. The minimum absolute atomic E-state index is 0.0854. The van der Waals surface area contributed by atoms with Gasteiger partial charge in [-0.3, -0.25) is 4.79 Å². The minimum Gasteiger partial charge on any atom is -0.430 e. The van der Waals surface area contributed by atoms with E-state index in [0.29, 0.717) is 30.5 Å². The third kappa shape index (κ3) is 4.39. The van der Waals surface area contributed by atoms with Gasteiger partial charge >= 0.3 is 12.5 Å². The van der Waals surface area contributed by atoms with Gasteiger partial charge in [0, 0.05) is 22.9 Å². The largest absolute Gasteiger partial charge is 0.586 e. The Morgan fingerprint density at radius 2 is 1.85 bits per heavy atom. The Morgan fingerprint density at radius 1 is 1.10 bits per heavy atom. The number of carbonyl (C=O) groups is 2. The Hall–Kier alpha value is -3.69. The molecule has 2 aliphatic heterocycles. The lowest BCUT2D eigenvalue weighted by Gasteiger charge is -2.26. The topological polar surface area (TPSA) is 76.0 Å². The van der Waals surface area contributed by atoms with Crippen molar-refractivity contribution in [3.05, 3.63) is 59.0 Å². The fraction of sp³-hybridized carbons (Fsp3) is 0.448. The highest BCUT2D eigenvalue weighted by Crippen LogP contribution is 2.52. The van der Waals surface area contributed by atoms with Crippen molar-refractivity contribution in [2.75, 3.05) is 6.61 Å². The molecule has 10 heteroatoms. The lowest BCUT2D eigenvalue weighted by atomic mass is 9.86. The summed E-state index contributed by atoms with van der Waals surface area (Å²) in [6.45, 7) is 6.69. The van der Waals surface area contributed by atoms with Crippen LogP contribution >= 0.6 is 0 Å². The smallest absolute Gasteiger partial charge is 0.430 e. The highest BCUT2D eigenvalue weighted by molar-refractivity contribution is 5.95. The zero-order valence-corrected chi connectivity index (χ0v) is 21.8. The molecule has 0 spiro atoms. The summed E-state index contributed by atoms with van der Waals surface area (Å²) in [7, 11) is 0. The van der Waals surface area contributed by atoms with E-state index in [1.165, 1.54) is 18.2 Å². The first-order valence-corrected chi connectivity index (χ1v) is 13.0. The third-order valence-corrected chi connectivity index (χ3v) is 8.27. The number of fused-ring (bicyclic) bond motifs is 2. The second-order valence-electron chi connectivity index (χ2n) is 11.2. The lowest BCUT2D eigenvalue weighted by Crippen LogP contribution is -2.26. The molecule has 7 nitrogen and oxygen atoms in total. The quantitative estimate of drug-likeness (QED) is 0.317. The zero-order valence-electron chi connectivity index (χ0n) is 21.8. The Morgan fingerprint density at radius 3 is 2.51 bits per heavy atom. The Labute approximate surface area is 222 Å². The number of aromatic nitrogens is 1. The van der Waals surface area contributed by atoms with Gasteiger partial charge in [-0.25, -0.2) is 9.18 Å². The number of ether oxygens (including phenoxy) is 4. The van der Waals surface area contributed by atoms with Crippen LogP contribution in [0.3, 0.4) is 0 Å². The van der Waals surface area contributed by atoms with E-state index in [2.05, 4.69) is 30.2 Å². The maximum absolute atomic E-state index is 15.5. The maximum Gasteiger partial charge on any atom is 0.586 e. The van der Waals surface area contributed by atoms with Gasteiger partial charge in [0.2, 0.25) is 0 Å². The van der Waals surface area contributed by atoms with Gasteiger partial charge < -0.3 is 23.5 Å². The van der Waals surface area contributed by atoms with Gasteiger partial charge in [-0.15, -0.1) is 8.78 Å². The number of ketones is 1. The van der Waals surface area contributed by atoms with E-state index in [-0.39, 0.29) is 41.3 Å².